The van der Waals surface area contributed by atoms with E-state index in [2.05, 4.69) is 10.3 Å². The van der Waals surface area contributed by atoms with Gasteiger partial charge < -0.3 is 9.32 Å². The number of amides is 3. The van der Waals surface area contributed by atoms with Crippen LogP contribution in [-0.2, 0) is 22.6 Å². The molecule has 3 aliphatic rings. The molecule has 3 amide bonds. The van der Waals surface area contributed by atoms with Gasteiger partial charge in [0.15, 0.2) is 11.7 Å². The van der Waals surface area contributed by atoms with E-state index in [1.54, 1.807) is 12.1 Å². The fourth-order valence-electron chi connectivity index (χ4n) is 5.33. The van der Waals surface area contributed by atoms with Gasteiger partial charge >= 0.3 is 0 Å². The molecule has 0 bridgehead atoms. The molecule has 0 spiro atoms. The monoisotopic (exact) mass is 491 g/mol. The lowest BCUT2D eigenvalue weighted by molar-refractivity contribution is -0.136. The van der Waals surface area contributed by atoms with Crippen molar-refractivity contribution in [3.63, 3.8) is 0 Å². The van der Waals surface area contributed by atoms with Crippen LogP contribution in [0.5, 0.6) is 0 Å². The fourth-order valence-corrected chi connectivity index (χ4v) is 5.33. The number of halogens is 2. The normalized spacial score (nSPS) is 21.3. The van der Waals surface area contributed by atoms with Crippen molar-refractivity contribution in [1.82, 2.24) is 15.2 Å². The topological polar surface area (TPSA) is 92.5 Å². The van der Waals surface area contributed by atoms with E-state index in [1.807, 2.05) is 36.4 Å². The molecule has 0 radical (unpaired) electrons. The predicted molar refractivity (Wildman–Crippen MR) is 125 cm³/mol. The largest absolute Gasteiger partial charge is 0.440 e. The third kappa shape index (κ3) is 3.98. The van der Waals surface area contributed by atoms with E-state index in [0.717, 1.165) is 16.7 Å². The average molecular weight is 491 g/mol. The van der Waals surface area contributed by atoms with Crippen LogP contribution >= 0.6 is 0 Å². The zero-order valence-corrected chi connectivity index (χ0v) is 19.3. The molecule has 2 aliphatic heterocycles. The summed E-state index contributed by atoms with van der Waals surface area (Å²) in [4.78, 5) is 43.1. The number of carbonyl (C=O) groups is 3. The van der Waals surface area contributed by atoms with Crippen LogP contribution in [0.3, 0.4) is 0 Å². The van der Waals surface area contributed by atoms with Gasteiger partial charge in [-0.3, -0.25) is 19.7 Å². The average Bonchev–Trinajstić information content (AvgIpc) is 3.39. The van der Waals surface area contributed by atoms with Gasteiger partial charge in [-0.05, 0) is 30.0 Å². The van der Waals surface area contributed by atoms with E-state index in [-0.39, 0.29) is 43.5 Å². The summed E-state index contributed by atoms with van der Waals surface area (Å²) in [7, 11) is 0. The molecule has 1 saturated carbocycles. The maximum atomic E-state index is 13.3. The Balaban J connectivity index is 1.31. The zero-order chi connectivity index (χ0) is 25.0. The summed E-state index contributed by atoms with van der Waals surface area (Å²) in [5.74, 6) is -2.86. The second kappa shape index (κ2) is 8.36. The summed E-state index contributed by atoms with van der Waals surface area (Å²) < 4.78 is 32.8. The quantitative estimate of drug-likeness (QED) is 0.536. The SMILES string of the molecule is O=C1CCC(N2Cc3cc(-c4nc(CC5CC(F)(F)C5)oc4-c4ccccc4)ccc3C2=O)C(=O)N1. The second-order valence-corrected chi connectivity index (χ2v) is 9.76. The smallest absolute Gasteiger partial charge is 0.255 e. The first kappa shape index (κ1) is 22.6. The standard InChI is InChI=1S/C27H23F2N3O4/c28-27(29)12-15(13-27)10-22-31-23(24(36-22)16-4-2-1-3-5-16)17-6-7-19-18(11-17)14-32(26(19)35)20-8-9-21(33)30-25(20)34/h1-7,11,15,20H,8-10,12-14H2,(H,30,33,34). The highest BCUT2D eigenvalue weighted by molar-refractivity contribution is 6.05. The van der Waals surface area contributed by atoms with E-state index in [0.29, 0.717) is 35.7 Å². The number of nitrogens with one attached hydrogen (secondary N) is 1. The number of carbonyl (C=O) groups excluding carboxylic acids is 3. The van der Waals surface area contributed by atoms with Crippen LogP contribution < -0.4 is 5.32 Å². The molecular weight excluding hydrogens is 468 g/mol. The molecular formula is C27H23F2N3O4. The van der Waals surface area contributed by atoms with Crippen molar-refractivity contribution in [2.45, 2.75) is 50.6 Å². The first-order valence-corrected chi connectivity index (χ1v) is 12.0. The Morgan fingerprint density at radius 2 is 1.83 bits per heavy atom. The maximum absolute atomic E-state index is 13.3. The van der Waals surface area contributed by atoms with Crippen LogP contribution in [-0.4, -0.2) is 39.6 Å². The highest BCUT2D eigenvalue weighted by Gasteiger charge is 2.45. The van der Waals surface area contributed by atoms with Crippen molar-refractivity contribution in [3.05, 3.63) is 65.5 Å². The third-order valence-corrected chi connectivity index (χ3v) is 7.14. The fraction of sp³-hybridized carbons (Fsp3) is 0.333. The van der Waals surface area contributed by atoms with Crippen molar-refractivity contribution in [3.8, 4) is 22.6 Å². The third-order valence-electron chi connectivity index (χ3n) is 7.14. The summed E-state index contributed by atoms with van der Waals surface area (Å²) in [6.45, 7) is 0.247. The number of imide groups is 1. The van der Waals surface area contributed by atoms with Gasteiger partial charge in [-0.25, -0.2) is 13.8 Å². The van der Waals surface area contributed by atoms with Gasteiger partial charge in [0.1, 0.15) is 11.7 Å². The summed E-state index contributed by atoms with van der Waals surface area (Å²) in [5.41, 5.74) is 3.39. The van der Waals surface area contributed by atoms with E-state index in [1.165, 1.54) is 4.90 Å². The number of benzene rings is 2. The van der Waals surface area contributed by atoms with E-state index >= 15 is 0 Å². The Morgan fingerprint density at radius 1 is 1.06 bits per heavy atom. The van der Waals surface area contributed by atoms with Crippen LogP contribution in [0.25, 0.3) is 22.6 Å². The number of oxazole rings is 1. The zero-order valence-electron chi connectivity index (χ0n) is 19.3. The first-order chi connectivity index (χ1) is 17.3. The van der Waals surface area contributed by atoms with Crippen molar-refractivity contribution in [1.29, 1.82) is 0 Å². The van der Waals surface area contributed by atoms with Crippen LogP contribution in [0.2, 0.25) is 0 Å². The number of hydrogen-bond acceptors (Lipinski definition) is 5. The second-order valence-electron chi connectivity index (χ2n) is 9.76. The minimum absolute atomic E-state index is 0.164. The number of nitrogens with zero attached hydrogens (tertiary/aromatic N) is 2. The molecule has 2 aromatic carbocycles. The van der Waals surface area contributed by atoms with Gasteiger partial charge in [-0.2, -0.15) is 0 Å². The molecule has 9 heteroatoms. The van der Waals surface area contributed by atoms with Crippen LogP contribution in [0.4, 0.5) is 8.78 Å². The highest BCUT2D eigenvalue weighted by atomic mass is 19.3. The number of fused-ring (bicyclic) bond motifs is 1. The van der Waals surface area contributed by atoms with Crippen molar-refractivity contribution in [2.24, 2.45) is 5.92 Å². The predicted octanol–water partition coefficient (Wildman–Crippen LogP) is 4.36. The van der Waals surface area contributed by atoms with E-state index < -0.39 is 17.9 Å². The van der Waals surface area contributed by atoms with Gasteiger partial charge in [0.05, 0.1) is 0 Å². The van der Waals surface area contributed by atoms with Crippen LogP contribution in [0.15, 0.2) is 52.9 Å². The number of aromatic nitrogens is 1. The molecule has 7 nitrogen and oxygen atoms in total. The molecule has 36 heavy (non-hydrogen) atoms. The Labute approximate surface area is 205 Å². The number of rotatable bonds is 5. The summed E-state index contributed by atoms with van der Waals surface area (Å²) >= 11 is 0. The summed E-state index contributed by atoms with van der Waals surface area (Å²) in [5, 5.41) is 2.31. The number of hydrogen-bond donors (Lipinski definition) is 1. The van der Waals surface area contributed by atoms with Gasteiger partial charge in [-0.15, -0.1) is 0 Å². The van der Waals surface area contributed by atoms with Gasteiger partial charge in [-0.1, -0.05) is 36.4 Å². The Morgan fingerprint density at radius 3 is 2.56 bits per heavy atom. The van der Waals surface area contributed by atoms with E-state index in [9.17, 15) is 23.2 Å². The van der Waals surface area contributed by atoms with Gasteiger partial charge in [0.25, 0.3) is 5.91 Å². The van der Waals surface area contributed by atoms with Gasteiger partial charge in [0, 0.05) is 48.9 Å². The highest BCUT2D eigenvalue weighted by Crippen LogP contribution is 2.45. The molecule has 184 valence electrons. The van der Waals surface area contributed by atoms with Crippen molar-refractivity contribution in [2.75, 3.05) is 0 Å². The van der Waals surface area contributed by atoms with E-state index in [4.69, 9.17) is 4.42 Å². The minimum Gasteiger partial charge on any atom is -0.440 e. The van der Waals surface area contributed by atoms with Crippen LogP contribution in [0, 0.1) is 5.92 Å². The molecule has 1 unspecified atom stereocenters. The van der Waals surface area contributed by atoms with Crippen molar-refractivity contribution < 1.29 is 27.6 Å². The Kier molecular flexibility index (Phi) is 5.24. The minimum atomic E-state index is -2.61. The summed E-state index contributed by atoms with van der Waals surface area (Å²) in [6, 6.07) is 14.1. The molecule has 1 saturated heterocycles. The lowest BCUT2D eigenvalue weighted by atomic mass is 9.79. The molecule has 1 atom stereocenters. The number of piperidine rings is 1. The first-order valence-electron chi connectivity index (χ1n) is 12.0. The number of alkyl halides is 2. The molecule has 3 heterocycles. The summed E-state index contributed by atoms with van der Waals surface area (Å²) in [6.07, 6.45) is 0.492. The molecule has 1 aromatic heterocycles. The lowest BCUT2D eigenvalue weighted by Crippen LogP contribution is -2.52. The Hall–Kier alpha value is -3.88. The molecule has 6 rings (SSSR count). The Bertz CT molecular complexity index is 1380. The van der Waals surface area contributed by atoms with Crippen molar-refractivity contribution >= 4 is 17.7 Å². The molecule has 3 aromatic rings. The lowest BCUT2D eigenvalue weighted by Gasteiger charge is -2.34. The van der Waals surface area contributed by atoms with Gasteiger partial charge in [0.2, 0.25) is 17.7 Å². The van der Waals surface area contributed by atoms with Crippen LogP contribution in [0.1, 0.15) is 47.5 Å². The molecule has 2 fully saturated rings. The maximum Gasteiger partial charge on any atom is 0.255 e. The molecule has 1 N–H and O–H groups in total. The molecule has 1 aliphatic carbocycles.